The second-order valence-corrected chi connectivity index (χ2v) is 13.4. The van der Waals surface area contributed by atoms with Crippen LogP contribution in [0.25, 0.3) is 0 Å². The number of allylic oxidation sites excluding steroid dienone is 3. The van der Waals surface area contributed by atoms with E-state index in [1.165, 1.54) is 5.57 Å². The normalized spacial score (nSPS) is 15.7. The molecular formula is C22H40O4Si. The molecule has 1 atom stereocenters. The molecule has 5 heteroatoms. The number of hydrogen-bond donors (Lipinski definition) is 1. The zero-order valence-electron chi connectivity index (χ0n) is 18.8. The highest BCUT2D eigenvalue weighted by Crippen LogP contribution is 2.38. The van der Waals surface area contributed by atoms with E-state index in [9.17, 15) is 9.90 Å². The molecule has 0 aromatic carbocycles. The molecule has 4 nitrogen and oxygen atoms in total. The Bertz CT molecular complexity index is 565. The van der Waals surface area contributed by atoms with E-state index in [1.807, 2.05) is 25.2 Å². The van der Waals surface area contributed by atoms with Crippen molar-refractivity contribution in [1.82, 2.24) is 0 Å². The maximum Gasteiger partial charge on any atom is 0.333 e. The van der Waals surface area contributed by atoms with Gasteiger partial charge in [0.15, 0.2) is 8.32 Å². The summed E-state index contributed by atoms with van der Waals surface area (Å²) in [7, 11) is -1.91. The zero-order valence-corrected chi connectivity index (χ0v) is 19.8. The minimum Gasteiger partial charge on any atom is -0.463 e. The smallest absolute Gasteiger partial charge is 0.333 e. The van der Waals surface area contributed by atoms with Gasteiger partial charge >= 0.3 is 5.97 Å². The van der Waals surface area contributed by atoms with Gasteiger partial charge in [0, 0.05) is 5.57 Å². The first kappa shape index (κ1) is 25.8. The molecule has 0 saturated carbocycles. The lowest BCUT2D eigenvalue weighted by atomic mass is 10.0. The van der Waals surface area contributed by atoms with Crippen LogP contribution < -0.4 is 0 Å². The highest BCUT2D eigenvalue weighted by atomic mass is 28.4. The monoisotopic (exact) mass is 396 g/mol. The number of aliphatic hydroxyl groups excluding tert-OH is 1. The third kappa shape index (κ3) is 9.54. The summed E-state index contributed by atoms with van der Waals surface area (Å²) in [6.07, 6.45) is 7.33. The van der Waals surface area contributed by atoms with Crippen molar-refractivity contribution < 1.29 is 19.1 Å². The summed E-state index contributed by atoms with van der Waals surface area (Å²) >= 11 is 0. The predicted octanol–water partition coefficient (Wildman–Crippen LogP) is 5.55. The maximum absolute atomic E-state index is 11.7. The Labute approximate surface area is 167 Å². The Kier molecular flexibility index (Phi) is 11.1. The van der Waals surface area contributed by atoms with Crippen molar-refractivity contribution in [2.45, 2.75) is 85.5 Å². The number of carbonyl (C=O) groups is 1. The van der Waals surface area contributed by atoms with Gasteiger partial charge in [0.05, 0.1) is 19.3 Å². The van der Waals surface area contributed by atoms with Crippen LogP contribution in [0.15, 0.2) is 34.9 Å². The summed E-state index contributed by atoms with van der Waals surface area (Å²) in [5.41, 5.74) is 2.86. The molecule has 156 valence electrons. The number of hydrogen-bond acceptors (Lipinski definition) is 4. The van der Waals surface area contributed by atoms with E-state index in [1.54, 1.807) is 13.8 Å². The second-order valence-electron chi connectivity index (χ2n) is 8.62. The van der Waals surface area contributed by atoms with Crippen LogP contribution in [-0.2, 0) is 14.0 Å². The number of aliphatic hydroxyl groups is 1. The van der Waals surface area contributed by atoms with E-state index < -0.39 is 8.32 Å². The van der Waals surface area contributed by atoms with E-state index in [2.05, 4.69) is 40.8 Å². The molecule has 0 heterocycles. The Morgan fingerprint density at radius 2 is 1.74 bits per heavy atom. The van der Waals surface area contributed by atoms with Crippen LogP contribution in [0.4, 0.5) is 0 Å². The highest BCUT2D eigenvalue weighted by molar-refractivity contribution is 6.74. The van der Waals surface area contributed by atoms with Gasteiger partial charge in [0.25, 0.3) is 0 Å². The second kappa shape index (κ2) is 11.6. The van der Waals surface area contributed by atoms with Gasteiger partial charge in [0.1, 0.15) is 0 Å². The molecule has 0 aromatic rings. The molecule has 0 aliphatic heterocycles. The number of rotatable bonds is 10. The zero-order chi connectivity index (χ0) is 21.3. The van der Waals surface area contributed by atoms with E-state index in [0.29, 0.717) is 12.2 Å². The van der Waals surface area contributed by atoms with Crippen LogP contribution >= 0.6 is 0 Å². The third-order valence-corrected chi connectivity index (χ3v) is 9.67. The summed E-state index contributed by atoms with van der Waals surface area (Å²) in [5.74, 6) is -0.276. The summed E-state index contributed by atoms with van der Waals surface area (Å²) in [4.78, 5) is 11.7. The molecule has 0 aromatic heterocycles. The van der Waals surface area contributed by atoms with Gasteiger partial charge in [-0.2, -0.15) is 0 Å². The van der Waals surface area contributed by atoms with Crippen molar-refractivity contribution in [3.05, 3.63) is 34.9 Å². The fourth-order valence-corrected chi connectivity index (χ4v) is 3.58. The van der Waals surface area contributed by atoms with E-state index in [-0.39, 0.29) is 23.7 Å². The predicted molar refractivity (Wildman–Crippen MR) is 116 cm³/mol. The molecule has 0 rings (SSSR count). The Hall–Kier alpha value is -1.17. The first-order valence-corrected chi connectivity index (χ1v) is 12.7. The topological polar surface area (TPSA) is 55.8 Å². The van der Waals surface area contributed by atoms with Crippen LogP contribution in [0.2, 0.25) is 18.1 Å². The summed E-state index contributed by atoms with van der Waals surface area (Å²) in [6, 6.07) is 0. The van der Waals surface area contributed by atoms with Crippen LogP contribution in [0.3, 0.4) is 0 Å². The lowest BCUT2D eigenvalue weighted by Crippen LogP contribution is -2.44. The fourth-order valence-electron chi connectivity index (χ4n) is 2.21. The highest BCUT2D eigenvalue weighted by Gasteiger charge is 2.39. The molecule has 27 heavy (non-hydrogen) atoms. The number of carbonyl (C=O) groups excluding carboxylic acids is 1. The summed E-state index contributed by atoms with van der Waals surface area (Å²) < 4.78 is 11.6. The molecule has 0 fully saturated rings. The van der Waals surface area contributed by atoms with Gasteiger partial charge in [-0.05, 0) is 64.2 Å². The van der Waals surface area contributed by atoms with E-state index >= 15 is 0 Å². The Morgan fingerprint density at radius 1 is 1.15 bits per heavy atom. The first-order chi connectivity index (χ1) is 12.4. The average Bonchev–Trinajstić information content (AvgIpc) is 2.55. The summed E-state index contributed by atoms with van der Waals surface area (Å²) in [6.45, 7) is 19.3. The minimum atomic E-state index is -1.91. The van der Waals surface area contributed by atoms with Gasteiger partial charge in [-0.15, -0.1) is 0 Å². The van der Waals surface area contributed by atoms with Crippen LogP contribution in [0.1, 0.15) is 61.3 Å². The lowest BCUT2D eigenvalue weighted by molar-refractivity contribution is -0.138. The molecule has 0 amide bonds. The quantitative estimate of drug-likeness (QED) is 0.173. The van der Waals surface area contributed by atoms with Gasteiger partial charge < -0.3 is 14.3 Å². The number of ether oxygens (including phenoxy) is 1. The molecule has 0 unspecified atom stereocenters. The van der Waals surface area contributed by atoms with Crippen LogP contribution in [0, 0.1) is 0 Å². The van der Waals surface area contributed by atoms with Gasteiger partial charge in [0.2, 0.25) is 0 Å². The van der Waals surface area contributed by atoms with Crippen molar-refractivity contribution >= 4 is 14.3 Å². The van der Waals surface area contributed by atoms with Crippen molar-refractivity contribution in [3.8, 4) is 0 Å². The van der Waals surface area contributed by atoms with Gasteiger partial charge in [-0.3, -0.25) is 0 Å². The SMILES string of the molecule is CCOC(=O)/C(C)=C/C=C(\C)CC[C@@H](O[Si](C)(C)C(C)(C)C)/C(C)=C/CO. The first-order valence-electron chi connectivity index (χ1n) is 9.82. The molecular weight excluding hydrogens is 356 g/mol. The van der Waals surface area contributed by atoms with E-state index in [4.69, 9.17) is 9.16 Å². The van der Waals surface area contributed by atoms with Crippen LogP contribution in [-0.4, -0.2) is 38.7 Å². The molecule has 0 saturated heterocycles. The largest absolute Gasteiger partial charge is 0.463 e. The lowest BCUT2D eigenvalue weighted by Gasteiger charge is -2.39. The molecule has 0 spiro atoms. The molecule has 0 aliphatic carbocycles. The standard InChI is InChI=1S/C22H40O4Si/c1-10-25-21(24)19(4)13-11-17(2)12-14-20(18(3)15-16-23)26-27(8,9)22(5,6)7/h11,13,15,20,23H,10,12,14,16H2,1-9H3/b17-11+,18-15+,19-13+/t20-/m1/s1. The van der Waals surface area contributed by atoms with Crippen molar-refractivity contribution in [3.63, 3.8) is 0 Å². The van der Waals surface area contributed by atoms with Gasteiger partial charge in [-0.25, -0.2) is 4.79 Å². The minimum absolute atomic E-state index is 0.00322. The maximum atomic E-state index is 11.7. The third-order valence-electron chi connectivity index (χ3n) is 5.18. The molecule has 0 bridgehead atoms. The number of esters is 1. The Balaban J connectivity index is 5.15. The van der Waals surface area contributed by atoms with Gasteiger partial charge in [-0.1, -0.05) is 44.6 Å². The Morgan fingerprint density at radius 3 is 2.22 bits per heavy atom. The summed E-state index contributed by atoms with van der Waals surface area (Å²) in [5, 5.41) is 9.41. The van der Waals surface area contributed by atoms with E-state index in [0.717, 1.165) is 18.4 Å². The molecule has 0 radical (unpaired) electrons. The van der Waals surface area contributed by atoms with Crippen molar-refractivity contribution in [2.24, 2.45) is 0 Å². The fraction of sp³-hybridized carbons (Fsp3) is 0.682. The molecule has 0 aliphatic rings. The molecule has 1 N–H and O–H groups in total. The van der Waals surface area contributed by atoms with Crippen LogP contribution in [0.5, 0.6) is 0 Å². The van der Waals surface area contributed by atoms with Crippen molar-refractivity contribution in [1.29, 1.82) is 0 Å². The van der Waals surface area contributed by atoms with Crippen molar-refractivity contribution in [2.75, 3.05) is 13.2 Å². The average molecular weight is 397 g/mol.